The van der Waals surface area contributed by atoms with Crippen molar-refractivity contribution in [1.29, 1.82) is 0 Å². The molecule has 0 bridgehead atoms. The van der Waals surface area contributed by atoms with Gasteiger partial charge in [0.15, 0.2) is 0 Å². The van der Waals surface area contributed by atoms with Gasteiger partial charge in [-0.15, -0.1) is 0 Å². The van der Waals surface area contributed by atoms with Gasteiger partial charge in [0.25, 0.3) is 5.91 Å². The number of hydrogen-bond donors (Lipinski definition) is 1. The van der Waals surface area contributed by atoms with Crippen LogP contribution in [0.3, 0.4) is 0 Å². The van der Waals surface area contributed by atoms with Crippen molar-refractivity contribution < 1.29 is 9.59 Å². The molecular formula is C13H9ClN4O2. The van der Waals surface area contributed by atoms with Crippen molar-refractivity contribution in [3.63, 3.8) is 0 Å². The summed E-state index contributed by atoms with van der Waals surface area (Å²) in [6.45, 7) is -0.0684. The Morgan fingerprint density at radius 1 is 1.35 bits per heavy atom. The van der Waals surface area contributed by atoms with Crippen LogP contribution < -0.4 is 10.2 Å². The third-order valence-electron chi connectivity index (χ3n) is 2.90. The zero-order valence-corrected chi connectivity index (χ0v) is 11.0. The third-order valence-corrected chi connectivity index (χ3v) is 3.20. The molecule has 1 aliphatic rings. The number of nitrogens with zero attached hydrogens (tertiary/aromatic N) is 3. The zero-order chi connectivity index (χ0) is 14.1. The van der Waals surface area contributed by atoms with E-state index < -0.39 is 0 Å². The van der Waals surface area contributed by atoms with E-state index in [4.69, 9.17) is 11.6 Å². The van der Waals surface area contributed by atoms with E-state index in [1.807, 2.05) is 0 Å². The molecule has 2 aromatic heterocycles. The summed E-state index contributed by atoms with van der Waals surface area (Å²) in [7, 11) is 0. The summed E-state index contributed by atoms with van der Waals surface area (Å²) in [5.74, 6) is -0.649. The van der Waals surface area contributed by atoms with E-state index >= 15 is 0 Å². The minimum Gasteiger partial charge on any atom is -0.321 e. The Kier molecular flexibility index (Phi) is 3.08. The van der Waals surface area contributed by atoms with E-state index in [0.717, 1.165) is 0 Å². The second-order valence-corrected chi connectivity index (χ2v) is 4.53. The van der Waals surface area contributed by atoms with Gasteiger partial charge in [0.05, 0.1) is 23.1 Å². The Labute approximate surface area is 119 Å². The van der Waals surface area contributed by atoms with Crippen LogP contribution in [0, 0.1) is 0 Å². The fourth-order valence-corrected chi connectivity index (χ4v) is 2.21. The molecule has 0 atom stereocenters. The molecule has 1 N–H and O–H groups in total. The average molecular weight is 289 g/mol. The van der Waals surface area contributed by atoms with Crippen LogP contribution in [0.15, 0.2) is 36.8 Å². The van der Waals surface area contributed by atoms with Crippen molar-refractivity contribution in [1.82, 2.24) is 9.97 Å². The molecule has 0 aliphatic carbocycles. The molecule has 0 unspecified atom stereocenters. The molecule has 0 saturated heterocycles. The van der Waals surface area contributed by atoms with Gasteiger partial charge in [-0.2, -0.15) is 0 Å². The maximum Gasteiger partial charge on any atom is 0.261 e. The molecule has 3 rings (SSSR count). The van der Waals surface area contributed by atoms with Crippen molar-refractivity contribution in [2.24, 2.45) is 0 Å². The number of anilines is 2. The second kappa shape index (κ2) is 4.90. The first-order valence-electron chi connectivity index (χ1n) is 5.83. The van der Waals surface area contributed by atoms with E-state index in [9.17, 15) is 9.59 Å². The molecule has 100 valence electrons. The van der Waals surface area contributed by atoms with Gasteiger partial charge < -0.3 is 5.32 Å². The van der Waals surface area contributed by atoms with Crippen molar-refractivity contribution >= 4 is 34.8 Å². The van der Waals surface area contributed by atoms with Gasteiger partial charge in [0.2, 0.25) is 5.91 Å². The summed E-state index contributed by atoms with van der Waals surface area (Å²) in [6, 6.07) is 4.86. The molecule has 0 fully saturated rings. The highest BCUT2D eigenvalue weighted by Gasteiger charge is 2.28. The quantitative estimate of drug-likeness (QED) is 0.811. The molecule has 3 heterocycles. The maximum absolute atomic E-state index is 12.5. The second-order valence-electron chi connectivity index (χ2n) is 4.17. The van der Waals surface area contributed by atoms with Crippen LogP contribution in [0.1, 0.15) is 10.4 Å². The lowest BCUT2D eigenvalue weighted by Gasteiger charge is -2.28. The largest absolute Gasteiger partial charge is 0.321 e. The fraction of sp³-hybridized carbons (Fsp3) is 0.0769. The summed E-state index contributed by atoms with van der Waals surface area (Å²) < 4.78 is 0. The van der Waals surface area contributed by atoms with Crippen molar-refractivity contribution in [3.8, 4) is 0 Å². The molecule has 2 aromatic rings. The summed E-state index contributed by atoms with van der Waals surface area (Å²) in [5, 5.41) is 2.78. The standard InChI is InChI=1S/C13H9ClN4O2/c14-12-8(2-1-4-16-12)13(20)18-7-11(19)17-9-6-15-5-3-10(9)18/h1-6H,7H2,(H,17,19). The first kappa shape index (κ1) is 12.6. The molecule has 0 aromatic carbocycles. The van der Waals surface area contributed by atoms with E-state index in [0.29, 0.717) is 11.4 Å². The maximum atomic E-state index is 12.5. The zero-order valence-electron chi connectivity index (χ0n) is 10.2. The summed E-state index contributed by atoms with van der Waals surface area (Å²) in [4.78, 5) is 33.4. The molecule has 7 heteroatoms. The summed E-state index contributed by atoms with van der Waals surface area (Å²) in [5.41, 5.74) is 1.34. The predicted octanol–water partition coefficient (Wildman–Crippen LogP) is 1.73. The number of halogens is 1. The summed E-state index contributed by atoms with van der Waals surface area (Å²) >= 11 is 5.93. The van der Waals surface area contributed by atoms with Gasteiger partial charge in [-0.05, 0) is 18.2 Å². The van der Waals surface area contributed by atoms with E-state index in [-0.39, 0.29) is 29.1 Å². The highest BCUT2D eigenvalue weighted by Crippen LogP contribution is 2.29. The number of rotatable bonds is 1. The molecule has 20 heavy (non-hydrogen) atoms. The van der Waals surface area contributed by atoms with Crippen LogP contribution in [-0.2, 0) is 4.79 Å². The van der Waals surface area contributed by atoms with Crippen LogP contribution >= 0.6 is 11.6 Å². The van der Waals surface area contributed by atoms with Crippen molar-refractivity contribution in [2.45, 2.75) is 0 Å². The Morgan fingerprint density at radius 2 is 2.20 bits per heavy atom. The Hall–Kier alpha value is -2.47. The average Bonchev–Trinajstić information content (AvgIpc) is 2.46. The molecule has 0 radical (unpaired) electrons. The van der Waals surface area contributed by atoms with Crippen molar-refractivity contribution in [2.75, 3.05) is 16.8 Å². The molecule has 0 saturated carbocycles. The third kappa shape index (κ3) is 2.10. The highest BCUT2D eigenvalue weighted by molar-refractivity contribution is 6.33. The number of nitrogens with one attached hydrogen (secondary N) is 1. The van der Waals surface area contributed by atoms with Crippen LogP contribution in [0.5, 0.6) is 0 Å². The molecule has 1 aliphatic heterocycles. The number of amides is 2. The van der Waals surface area contributed by atoms with Gasteiger partial charge in [0.1, 0.15) is 11.7 Å². The highest BCUT2D eigenvalue weighted by atomic mass is 35.5. The Morgan fingerprint density at radius 3 is 3.00 bits per heavy atom. The number of carbonyl (C=O) groups is 2. The lowest BCUT2D eigenvalue weighted by Crippen LogP contribution is -2.42. The predicted molar refractivity (Wildman–Crippen MR) is 73.8 cm³/mol. The van der Waals surface area contributed by atoms with Gasteiger partial charge in [-0.1, -0.05) is 11.6 Å². The van der Waals surface area contributed by atoms with Crippen molar-refractivity contribution in [3.05, 3.63) is 47.5 Å². The first-order chi connectivity index (χ1) is 9.66. The molecular weight excluding hydrogens is 280 g/mol. The Bertz CT molecular complexity index is 704. The van der Waals surface area contributed by atoms with Crippen LogP contribution in [0.2, 0.25) is 5.15 Å². The van der Waals surface area contributed by atoms with E-state index in [1.165, 1.54) is 17.3 Å². The number of carbonyl (C=O) groups excluding carboxylic acids is 2. The van der Waals surface area contributed by atoms with Gasteiger partial charge in [0, 0.05) is 12.4 Å². The lowest BCUT2D eigenvalue weighted by atomic mass is 10.2. The van der Waals surface area contributed by atoms with Gasteiger partial charge in [-0.3, -0.25) is 19.5 Å². The number of pyridine rings is 2. The number of hydrogen-bond acceptors (Lipinski definition) is 4. The normalized spacial score (nSPS) is 13.7. The van der Waals surface area contributed by atoms with E-state index in [2.05, 4.69) is 15.3 Å². The lowest BCUT2D eigenvalue weighted by molar-refractivity contribution is -0.115. The van der Waals surface area contributed by atoms with Gasteiger partial charge in [-0.25, -0.2) is 4.98 Å². The minimum atomic E-state index is -0.370. The summed E-state index contributed by atoms with van der Waals surface area (Å²) in [6.07, 6.45) is 4.55. The fourth-order valence-electron chi connectivity index (χ4n) is 2.01. The number of aromatic nitrogens is 2. The SMILES string of the molecule is O=C1CN(C(=O)c2cccnc2Cl)c2ccncc2N1. The minimum absolute atomic E-state index is 0.0684. The van der Waals surface area contributed by atoms with Crippen LogP contribution in [-0.4, -0.2) is 28.3 Å². The molecule has 6 nitrogen and oxygen atoms in total. The molecule has 0 spiro atoms. The first-order valence-corrected chi connectivity index (χ1v) is 6.21. The monoisotopic (exact) mass is 288 g/mol. The topological polar surface area (TPSA) is 75.2 Å². The van der Waals surface area contributed by atoms with Gasteiger partial charge >= 0.3 is 0 Å². The van der Waals surface area contributed by atoms with Crippen LogP contribution in [0.4, 0.5) is 11.4 Å². The van der Waals surface area contributed by atoms with Crippen LogP contribution in [0.25, 0.3) is 0 Å². The Balaban J connectivity index is 2.05. The smallest absolute Gasteiger partial charge is 0.261 e. The van der Waals surface area contributed by atoms with E-state index in [1.54, 1.807) is 24.4 Å². The number of fused-ring (bicyclic) bond motifs is 1. The molecule has 2 amide bonds.